The Morgan fingerprint density at radius 1 is 0.903 bits per heavy atom. The van der Waals surface area contributed by atoms with E-state index >= 15 is 0 Å². The van der Waals surface area contributed by atoms with Gasteiger partial charge in [-0.25, -0.2) is 13.2 Å². The Morgan fingerprint density at radius 2 is 1.61 bits per heavy atom. The maximum atomic E-state index is 13.8. The van der Waals surface area contributed by atoms with E-state index in [0.29, 0.717) is 22.7 Å². The predicted octanol–water partition coefficient (Wildman–Crippen LogP) is 5.08. The number of aromatic nitrogens is 3. The molecule has 0 saturated carbocycles. The highest BCUT2D eigenvalue weighted by molar-refractivity contribution is 7.99. The molecule has 1 N–H and O–H groups in total. The molecule has 0 radical (unpaired) electrons. The van der Waals surface area contributed by atoms with Gasteiger partial charge in [0.2, 0.25) is 5.91 Å². The molecule has 0 aliphatic rings. The fraction of sp³-hybridized carbons (Fsp3) is 0.0455. The maximum Gasteiger partial charge on any atom is 0.234 e. The van der Waals surface area contributed by atoms with Gasteiger partial charge in [-0.2, -0.15) is 0 Å². The zero-order valence-corrected chi connectivity index (χ0v) is 16.7. The van der Waals surface area contributed by atoms with Crippen LogP contribution in [0.3, 0.4) is 0 Å². The number of rotatable bonds is 6. The van der Waals surface area contributed by atoms with Crippen molar-refractivity contribution >= 4 is 23.4 Å². The van der Waals surface area contributed by atoms with Crippen LogP contribution in [0.5, 0.6) is 0 Å². The molecule has 1 amide bonds. The molecule has 4 aromatic rings. The number of carbonyl (C=O) groups excluding carboxylic acids is 1. The van der Waals surface area contributed by atoms with E-state index in [9.17, 15) is 18.0 Å². The monoisotopic (exact) mass is 440 g/mol. The van der Waals surface area contributed by atoms with Crippen molar-refractivity contribution in [1.82, 2.24) is 14.8 Å². The number of benzene rings is 3. The normalized spacial score (nSPS) is 10.8. The molecule has 0 fully saturated rings. The number of carbonyl (C=O) groups is 1. The number of thioether (sulfide) groups is 1. The molecule has 1 aromatic heterocycles. The largest absolute Gasteiger partial charge is 0.323 e. The van der Waals surface area contributed by atoms with Crippen LogP contribution in [-0.4, -0.2) is 26.4 Å². The first kappa shape index (κ1) is 20.7. The second kappa shape index (κ2) is 9.05. The highest BCUT2D eigenvalue weighted by Gasteiger charge is 2.18. The minimum Gasteiger partial charge on any atom is -0.323 e. The molecular weight excluding hydrogens is 425 g/mol. The molecule has 4 rings (SSSR count). The maximum absolute atomic E-state index is 13.8. The van der Waals surface area contributed by atoms with Crippen molar-refractivity contribution in [2.24, 2.45) is 0 Å². The molecule has 9 heteroatoms. The standard InChI is InChI=1S/C22H15F3N4OS/c23-15-6-9-17(10-7-15)29-21(14-4-2-1-3-5-14)27-28-22(29)31-13-20(30)26-19-11-8-16(24)12-18(19)25/h1-12H,13H2,(H,26,30). The summed E-state index contributed by atoms with van der Waals surface area (Å²) in [6.07, 6.45) is 0. The van der Waals surface area contributed by atoms with Gasteiger partial charge < -0.3 is 5.32 Å². The Balaban J connectivity index is 1.58. The average molecular weight is 440 g/mol. The van der Waals surface area contributed by atoms with Crippen molar-refractivity contribution in [2.45, 2.75) is 5.16 Å². The molecule has 31 heavy (non-hydrogen) atoms. The van der Waals surface area contributed by atoms with Gasteiger partial charge in [0.15, 0.2) is 11.0 Å². The molecule has 156 valence electrons. The van der Waals surface area contributed by atoms with Crippen molar-refractivity contribution in [3.8, 4) is 17.1 Å². The third-order valence-corrected chi connectivity index (χ3v) is 5.22. The summed E-state index contributed by atoms with van der Waals surface area (Å²) in [6.45, 7) is 0. The smallest absolute Gasteiger partial charge is 0.234 e. The molecule has 0 bridgehead atoms. The van der Waals surface area contributed by atoms with Gasteiger partial charge in [0, 0.05) is 17.3 Å². The molecule has 1 heterocycles. The van der Waals surface area contributed by atoms with Crippen molar-refractivity contribution in [2.75, 3.05) is 11.1 Å². The average Bonchev–Trinajstić information content (AvgIpc) is 3.19. The molecule has 0 unspecified atom stereocenters. The van der Waals surface area contributed by atoms with E-state index in [-0.39, 0.29) is 17.3 Å². The third kappa shape index (κ3) is 4.77. The zero-order valence-electron chi connectivity index (χ0n) is 15.9. The van der Waals surface area contributed by atoms with Gasteiger partial charge in [0.25, 0.3) is 0 Å². The minimum absolute atomic E-state index is 0.0923. The summed E-state index contributed by atoms with van der Waals surface area (Å²) in [5.74, 6) is -2.03. The summed E-state index contributed by atoms with van der Waals surface area (Å²) in [5, 5.41) is 11.2. The molecule has 5 nitrogen and oxygen atoms in total. The minimum atomic E-state index is -0.862. The van der Waals surface area contributed by atoms with Gasteiger partial charge in [-0.3, -0.25) is 9.36 Å². The van der Waals surface area contributed by atoms with Crippen LogP contribution in [-0.2, 0) is 4.79 Å². The van der Waals surface area contributed by atoms with Crippen LogP contribution >= 0.6 is 11.8 Å². The topological polar surface area (TPSA) is 59.8 Å². The summed E-state index contributed by atoms with van der Waals surface area (Å²) >= 11 is 1.08. The molecule has 0 spiro atoms. The van der Waals surface area contributed by atoms with Gasteiger partial charge in [0.05, 0.1) is 11.4 Å². The van der Waals surface area contributed by atoms with Gasteiger partial charge in [-0.1, -0.05) is 42.1 Å². The van der Waals surface area contributed by atoms with E-state index in [1.165, 1.54) is 12.1 Å². The number of hydrogen-bond acceptors (Lipinski definition) is 4. The summed E-state index contributed by atoms with van der Waals surface area (Å²) in [7, 11) is 0. The number of hydrogen-bond donors (Lipinski definition) is 1. The predicted molar refractivity (Wildman–Crippen MR) is 112 cm³/mol. The van der Waals surface area contributed by atoms with E-state index < -0.39 is 17.5 Å². The summed E-state index contributed by atoms with van der Waals surface area (Å²) in [5.41, 5.74) is 1.30. The van der Waals surface area contributed by atoms with Gasteiger partial charge in [0.1, 0.15) is 17.5 Å². The molecule has 0 aliphatic heterocycles. The number of halogens is 3. The van der Waals surface area contributed by atoms with Crippen LogP contribution < -0.4 is 5.32 Å². The fourth-order valence-electron chi connectivity index (χ4n) is 2.87. The van der Waals surface area contributed by atoms with Gasteiger partial charge >= 0.3 is 0 Å². The Labute approximate surface area is 179 Å². The lowest BCUT2D eigenvalue weighted by Crippen LogP contribution is -2.15. The number of nitrogens with one attached hydrogen (secondary N) is 1. The summed E-state index contributed by atoms with van der Waals surface area (Å²) in [6, 6.07) is 18.0. The van der Waals surface area contributed by atoms with E-state index in [1.54, 1.807) is 16.7 Å². The van der Waals surface area contributed by atoms with E-state index in [4.69, 9.17) is 0 Å². The van der Waals surface area contributed by atoms with Crippen molar-refractivity contribution < 1.29 is 18.0 Å². The third-order valence-electron chi connectivity index (χ3n) is 4.29. The fourth-order valence-corrected chi connectivity index (χ4v) is 3.62. The SMILES string of the molecule is O=C(CSc1nnc(-c2ccccc2)n1-c1ccc(F)cc1)Nc1ccc(F)cc1F. The van der Waals surface area contributed by atoms with Crippen LogP contribution in [0.2, 0.25) is 0 Å². The van der Waals surface area contributed by atoms with Gasteiger partial charge in [-0.15, -0.1) is 10.2 Å². The van der Waals surface area contributed by atoms with Crippen molar-refractivity contribution in [1.29, 1.82) is 0 Å². The number of anilines is 1. The number of nitrogens with zero attached hydrogens (tertiary/aromatic N) is 3. The second-order valence-electron chi connectivity index (χ2n) is 6.45. The Kier molecular flexibility index (Phi) is 6.03. The van der Waals surface area contributed by atoms with Crippen LogP contribution in [0, 0.1) is 17.5 Å². The highest BCUT2D eigenvalue weighted by Crippen LogP contribution is 2.28. The molecule has 3 aromatic carbocycles. The van der Waals surface area contributed by atoms with Crippen LogP contribution in [0.1, 0.15) is 0 Å². The van der Waals surface area contributed by atoms with E-state index in [1.807, 2.05) is 30.3 Å². The first-order chi connectivity index (χ1) is 15.0. The number of amides is 1. The lowest BCUT2D eigenvalue weighted by atomic mass is 10.2. The molecular formula is C22H15F3N4OS. The summed E-state index contributed by atoms with van der Waals surface area (Å²) < 4.78 is 41.9. The Hall–Kier alpha value is -3.59. The first-order valence-corrected chi connectivity index (χ1v) is 10.1. The molecule has 0 aliphatic carbocycles. The zero-order chi connectivity index (χ0) is 21.8. The first-order valence-electron chi connectivity index (χ1n) is 9.16. The van der Waals surface area contributed by atoms with Crippen LogP contribution in [0.4, 0.5) is 18.9 Å². The van der Waals surface area contributed by atoms with Crippen LogP contribution in [0.15, 0.2) is 78.0 Å². The lowest BCUT2D eigenvalue weighted by molar-refractivity contribution is -0.113. The molecule has 0 atom stereocenters. The van der Waals surface area contributed by atoms with Gasteiger partial charge in [-0.05, 0) is 36.4 Å². The second-order valence-corrected chi connectivity index (χ2v) is 7.39. The summed E-state index contributed by atoms with van der Waals surface area (Å²) in [4.78, 5) is 12.3. The van der Waals surface area contributed by atoms with E-state index in [2.05, 4.69) is 15.5 Å². The quantitative estimate of drug-likeness (QED) is 0.425. The van der Waals surface area contributed by atoms with Crippen molar-refractivity contribution in [3.63, 3.8) is 0 Å². The Bertz CT molecular complexity index is 1210. The van der Waals surface area contributed by atoms with Crippen molar-refractivity contribution in [3.05, 3.63) is 90.2 Å². The molecule has 0 saturated heterocycles. The Morgan fingerprint density at radius 3 is 2.32 bits per heavy atom. The lowest BCUT2D eigenvalue weighted by Gasteiger charge is -2.11. The van der Waals surface area contributed by atoms with E-state index in [0.717, 1.165) is 29.5 Å². The van der Waals surface area contributed by atoms with Crippen LogP contribution in [0.25, 0.3) is 17.1 Å². The highest BCUT2D eigenvalue weighted by atomic mass is 32.2.